The summed E-state index contributed by atoms with van der Waals surface area (Å²) in [5, 5.41) is 9.82. The number of carbonyl (C=O) groups excluding carboxylic acids is 1. The third-order valence-corrected chi connectivity index (χ3v) is 4.84. The van der Waals surface area contributed by atoms with Gasteiger partial charge in [-0.3, -0.25) is 10.00 Å². The average molecular weight is 396 g/mol. The van der Waals surface area contributed by atoms with Crippen LogP contribution in [0, 0.1) is 5.82 Å². The highest BCUT2D eigenvalue weighted by Crippen LogP contribution is 2.29. The van der Waals surface area contributed by atoms with E-state index in [4.69, 9.17) is 4.74 Å². The molecule has 0 unspecified atom stereocenters. The maximum Gasteiger partial charge on any atom is 0.326 e. The lowest BCUT2D eigenvalue weighted by atomic mass is 10.1. The fraction of sp³-hybridized carbons (Fsp3) is 0.250. The molecule has 0 spiro atoms. The Kier molecular flexibility index (Phi) is 5.03. The second-order valence-corrected chi connectivity index (χ2v) is 6.66. The van der Waals surface area contributed by atoms with Crippen LogP contribution in [0.3, 0.4) is 0 Å². The Balaban J connectivity index is 1.54. The molecule has 3 aromatic rings. The van der Waals surface area contributed by atoms with E-state index >= 15 is 0 Å². The SMILES string of the molecule is CNc1nc(N2CCN(Cc3cc(F)cc(OC)c3)C2=O)ccc1-c1cn[nH]c1. The average Bonchev–Trinajstić information content (AvgIpc) is 3.38. The number of nitrogens with zero attached hydrogens (tertiary/aromatic N) is 4. The standard InChI is InChI=1S/C20H21FN6O2/c1-22-19-17(14-10-23-24-11-14)3-4-18(25-19)27-6-5-26(20(27)28)12-13-7-15(21)9-16(8-13)29-2/h3-4,7-11H,5-6,12H2,1-2H3,(H,22,25)(H,23,24). The van der Waals surface area contributed by atoms with Gasteiger partial charge in [0.15, 0.2) is 0 Å². The van der Waals surface area contributed by atoms with Gasteiger partial charge in [-0.1, -0.05) is 0 Å². The first-order valence-corrected chi connectivity index (χ1v) is 9.17. The number of anilines is 2. The van der Waals surface area contributed by atoms with E-state index < -0.39 is 5.82 Å². The minimum atomic E-state index is -0.391. The van der Waals surface area contributed by atoms with E-state index in [0.717, 1.165) is 11.1 Å². The van der Waals surface area contributed by atoms with Crippen molar-refractivity contribution in [3.63, 3.8) is 0 Å². The van der Waals surface area contributed by atoms with Crippen molar-refractivity contribution in [2.24, 2.45) is 0 Å². The third kappa shape index (κ3) is 3.71. The van der Waals surface area contributed by atoms with Crippen LogP contribution in [0.1, 0.15) is 5.56 Å². The first-order chi connectivity index (χ1) is 14.1. The number of aromatic nitrogens is 3. The van der Waals surface area contributed by atoms with Gasteiger partial charge in [-0.25, -0.2) is 14.2 Å². The summed E-state index contributed by atoms with van der Waals surface area (Å²) in [6.07, 6.45) is 3.50. The number of rotatable bonds is 6. The molecular weight excluding hydrogens is 375 g/mol. The molecule has 0 atom stereocenters. The van der Waals surface area contributed by atoms with Gasteiger partial charge in [0, 0.05) is 50.1 Å². The first kappa shape index (κ1) is 18.7. The van der Waals surface area contributed by atoms with E-state index in [9.17, 15) is 9.18 Å². The van der Waals surface area contributed by atoms with Gasteiger partial charge in [-0.15, -0.1) is 0 Å². The van der Waals surface area contributed by atoms with Crippen molar-refractivity contribution in [3.8, 4) is 16.9 Å². The Labute approximate surface area is 167 Å². The number of halogens is 1. The van der Waals surface area contributed by atoms with Crippen molar-refractivity contribution < 1.29 is 13.9 Å². The third-order valence-electron chi connectivity index (χ3n) is 4.84. The predicted molar refractivity (Wildman–Crippen MR) is 107 cm³/mol. The van der Waals surface area contributed by atoms with Crippen LogP contribution in [0.4, 0.5) is 20.8 Å². The lowest BCUT2D eigenvalue weighted by Gasteiger charge is -2.19. The van der Waals surface area contributed by atoms with Crippen LogP contribution in [0.5, 0.6) is 5.75 Å². The number of methoxy groups -OCH3 is 1. The van der Waals surface area contributed by atoms with Crippen molar-refractivity contribution in [2.45, 2.75) is 6.54 Å². The molecule has 2 aromatic heterocycles. The smallest absolute Gasteiger partial charge is 0.326 e. The molecule has 0 bridgehead atoms. The number of amides is 2. The molecule has 4 rings (SSSR count). The summed E-state index contributed by atoms with van der Waals surface area (Å²) >= 11 is 0. The summed E-state index contributed by atoms with van der Waals surface area (Å²) in [6, 6.07) is 8.01. The summed E-state index contributed by atoms with van der Waals surface area (Å²) in [4.78, 5) is 20.8. The monoisotopic (exact) mass is 396 g/mol. The summed E-state index contributed by atoms with van der Waals surface area (Å²) in [6.45, 7) is 1.33. The van der Waals surface area contributed by atoms with Crippen LogP contribution in [0.25, 0.3) is 11.1 Å². The normalized spacial score (nSPS) is 13.8. The number of pyridine rings is 1. The Morgan fingerprint density at radius 1 is 1.28 bits per heavy atom. The van der Waals surface area contributed by atoms with Gasteiger partial charge in [-0.05, 0) is 29.8 Å². The highest BCUT2D eigenvalue weighted by molar-refractivity contribution is 5.94. The van der Waals surface area contributed by atoms with Crippen LogP contribution in [0.2, 0.25) is 0 Å². The van der Waals surface area contributed by atoms with Gasteiger partial charge in [0.2, 0.25) is 0 Å². The van der Waals surface area contributed by atoms with E-state index in [1.54, 1.807) is 35.3 Å². The molecule has 0 saturated carbocycles. The maximum absolute atomic E-state index is 13.7. The van der Waals surface area contributed by atoms with Gasteiger partial charge >= 0.3 is 6.03 Å². The zero-order valence-electron chi connectivity index (χ0n) is 16.1. The number of ether oxygens (including phenoxy) is 1. The molecule has 1 aromatic carbocycles. The van der Waals surface area contributed by atoms with Gasteiger partial charge in [-0.2, -0.15) is 5.10 Å². The van der Waals surface area contributed by atoms with Crippen molar-refractivity contribution >= 4 is 17.7 Å². The van der Waals surface area contributed by atoms with Crippen LogP contribution in [-0.4, -0.2) is 53.4 Å². The Bertz CT molecular complexity index is 1020. The fourth-order valence-electron chi connectivity index (χ4n) is 3.41. The second kappa shape index (κ2) is 7.78. The van der Waals surface area contributed by atoms with E-state index in [1.165, 1.54) is 19.2 Å². The highest BCUT2D eigenvalue weighted by Gasteiger charge is 2.31. The lowest BCUT2D eigenvalue weighted by Crippen LogP contribution is -2.32. The molecule has 150 valence electrons. The molecule has 1 fully saturated rings. The van der Waals surface area contributed by atoms with E-state index in [-0.39, 0.29) is 6.03 Å². The van der Waals surface area contributed by atoms with Gasteiger partial charge in [0.1, 0.15) is 23.2 Å². The molecular formula is C20H21FN6O2. The number of hydrogen-bond donors (Lipinski definition) is 2. The number of urea groups is 1. The van der Waals surface area contributed by atoms with Crippen molar-refractivity contribution in [1.82, 2.24) is 20.1 Å². The van der Waals surface area contributed by atoms with E-state index in [0.29, 0.717) is 42.6 Å². The van der Waals surface area contributed by atoms with Crippen LogP contribution >= 0.6 is 0 Å². The van der Waals surface area contributed by atoms with Crippen LogP contribution < -0.4 is 15.0 Å². The van der Waals surface area contributed by atoms with Crippen LogP contribution in [0.15, 0.2) is 42.7 Å². The minimum Gasteiger partial charge on any atom is -0.497 e. The Morgan fingerprint density at radius 3 is 2.86 bits per heavy atom. The molecule has 9 heteroatoms. The molecule has 1 aliphatic heterocycles. The molecule has 1 saturated heterocycles. The lowest BCUT2D eigenvalue weighted by molar-refractivity contribution is 0.218. The Morgan fingerprint density at radius 2 is 2.14 bits per heavy atom. The van der Waals surface area contributed by atoms with Crippen molar-refractivity contribution in [1.29, 1.82) is 0 Å². The highest BCUT2D eigenvalue weighted by atomic mass is 19.1. The van der Waals surface area contributed by atoms with Crippen molar-refractivity contribution in [2.75, 3.05) is 37.5 Å². The van der Waals surface area contributed by atoms with Gasteiger partial charge in [0.25, 0.3) is 0 Å². The molecule has 3 heterocycles. The Hall–Kier alpha value is -3.62. The van der Waals surface area contributed by atoms with Crippen molar-refractivity contribution in [3.05, 3.63) is 54.1 Å². The molecule has 1 aliphatic rings. The molecule has 0 radical (unpaired) electrons. The fourth-order valence-corrected chi connectivity index (χ4v) is 3.41. The maximum atomic E-state index is 13.7. The number of nitrogens with one attached hydrogen (secondary N) is 2. The molecule has 2 N–H and O–H groups in total. The van der Waals surface area contributed by atoms with E-state index in [2.05, 4.69) is 20.5 Å². The molecule has 0 aliphatic carbocycles. The quantitative estimate of drug-likeness (QED) is 0.669. The summed E-state index contributed by atoms with van der Waals surface area (Å²) in [5.74, 6) is 1.26. The number of aromatic amines is 1. The number of H-pyrrole nitrogens is 1. The van der Waals surface area contributed by atoms with Crippen LogP contribution in [-0.2, 0) is 6.54 Å². The largest absolute Gasteiger partial charge is 0.497 e. The van der Waals surface area contributed by atoms with Gasteiger partial charge < -0.3 is 15.0 Å². The molecule has 2 amide bonds. The molecule has 8 nitrogen and oxygen atoms in total. The molecule has 29 heavy (non-hydrogen) atoms. The zero-order valence-corrected chi connectivity index (χ0v) is 16.1. The van der Waals surface area contributed by atoms with E-state index in [1.807, 2.05) is 12.1 Å². The summed E-state index contributed by atoms with van der Waals surface area (Å²) < 4.78 is 18.9. The zero-order chi connectivity index (χ0) is 20.4. The first-order valence-electron chi connectivity index (χ1n) is 9.17. The number of carbonyl (C=O) groups is 1. The summed E-state index contributed by atoms with van der Waals surface area (Å²) in [5.41, 5.74) is 2.47. The second-order valence-electron chi connectivity index (χ2n) is 6.66. The van der Waals surface area contributed by atoms with Gasteiger partial charge in [0.05, 0.1) is 13.3 Å². The predicted octanol–water partition coefficient (Wildman–Crippen LogP) is 3.10. The summed E-state index contributed by atoms with van der Waals surface area (Å²) in [7, 11) is 3.27. The topological polar surface area (TPSA) is 86.4 Å². The number of benzene rings is 1. The minimum absolute atomic E-state index is 0.168. The number of hydrogen-bond acceptors (Lipinski definition) is 5.